The third-order valence-electron chi connectivity index (χ3n) is 4.83. The summed E-state index contributed by atoms with van der Waals surface area (Å²) < 4.78 is 13.6. The number of aryl methyl sites for hydroxylation is 2. The molecule has 0 spiro atoms. The van der Waals surface area contributed by atoms with Crippen molar-refractivity contribution in [2.45, 2.75) is 33.2 Å². The third kappa shape index (κ3) is 3.54. The van der Waals surface area contributed by atoms with Crippen molar-refractivity contribution in [3.63, 3.8) is 0 Å². The highest BCUT2D eigenvalue weighted by Gasteiger charge is 2.33. The van der Waals surface area contributed by atoms with Gasteiger partial charge in [-0.2, -0.15) is 0 Å². The summed E-state index contributed by atoms with van der Waals surface area (Å²) in [5, 5.41) is 5.29. The monoisotopic (exact) mass is 355 g/mol. The van der Waals surface area contributed by atoms with Gasteiger partial charge in [-0.05, 0) is 62.6 Å². The number of urea groups is 1. The predicted octanol–water partition coefficient (Wildman–Crippen LogP) is 3.68. The highest BCUT2D eigenvalue weighted by Crippen LogP contribution is 2.24. The van der Waals surface area contributed by atoms with E-state index < -0.39 is 12.1 Å². The molecule has 1 saturated heterocycles. The fourth-order valence-corrected chi connectivity index (χ4v) is 3.02. The molecule has 1 aliphatic rings. The van der Waals surface area contributed by atoms with Gasteiger partial charge in [0.2, 0.25) is 5.91 Å². The van der Waals surface area contributed by atoms with Crippen LogP contribution in [-0.4, -0.2) is 24.5 Å². The Morgan fingerprint density at radius 2 is 1.92 bits per heavy atom. The average Bonchev–Trinajstić information content (AvgIpc) is 2.95. The second kappa shape index (κ2) is 7.15. The quantitative estimate of drug-likeness (QED) is 0.882. The number of hydrogen-bond donors (Lipinski definition) is 2. The minimum Gasteiger partial charge on any atom is -0.326 e. The van der Waals surface area contributed by atoms with Gasteiger partial charge in [-0.1, -0.05) is 12.1 Å². The zero-order valence-electron chi connectivity index (χ0n) is 15.1. The summed E-state index contributed by atoms with van der Waals surface area (Å²) in [5.74, 6) is -0.528. The average molecular weight is 355 g/mol. The zero-order chi connectivity index (χ0) is 18.8. The van der Waals surface area contributed by atoms with Crippen molar-refractivity contribution in [1.29, 1.82) is 0 Å². The Bertz CT molecular complexity index is 866. The van der Waals surface area contributed by atoms with E-state index in [1.807, 2.05) is 32.0 Å². The third-order valence-corrected chi connectivity index (χ3v) is 4.83. The topological polar surface area (TPSA) is 61.4 Å². The molecular formula is C20H22FN3O2. The second-order valence-corrected chi connectivity index (χ2v) is 6.61. The van der Waals surface area contributed by atoms with Gasteiger partial charge in [-0.15, -0.1) is 0 Å². The Morgan fingerprint density at radius 3 is 2.65 bits per heavy atom. The van der Waals surface area contributed by atoms with Gasteiger partial charge in [0.1, 0.15) is 11.9 Å². The number of benzene rings is 2. The number of nitrogens with zero attached hydrogens (tertiary/aromatic N) is 1. The van der Waals surface area contributed by atoms with E-state index in [4.69, 9.17) is 0 Å². The Balaban J connectivity index is 1.66. The van der Waals surface area contributed by atoms with E-state index in [9.17, 15) is 14.0 Å². The molecule has 1 fully saturated rings. The number of amides is 3. The van der Waals surface area contributed by atoms with Crippen LogP contribution in [0.5, 0.6) is 0 Å². The van der Waals surface area contributed by atoms with Crippen LogP contribution in [0.1, 0.15) is 23.1 Å². The molecule has 0 aromatic heterocycles. The molecule has 26 heavy (non-hydrogen) atoms. The first-order chi connectivity index (χ1) is 12.4. The lowest BCUT2D eigenvalue weighted by Crippen LogP contribution is -2.43. The van der Waals surface area contributed by atoms with E-state index in [1.165, 1.54) is 17.7 Å². The number of rotatable bonds is 3. The van der Waals surface area contributed by atoms with Crippen molar-refractivity contribution >= 4 is 23.3 Å². The lowest BCUT2D eigenvalue weighted by atomic mass is 10.1. The van der Waals surface area contributed by atoms with Crippen molar-refractivity contribution < 1.29 is 14.0 Å². The van der Waals surface area contributed by atoms with Gasteiger partial charge >= 0.3 is 6.03 Å². The molecule has 0 unspecified atom stereocenters. The predicted molar refractivity (Wildman–Crippen MR) is 100.0 cm³/mol. The van der Waals surface area contributed by atoms with Crippen LogP contribution in [0.2, 0.25) is 0 Å². The first-order valence-corrected chi connectivity index (χ1v) is 8.58. The maximum atomic E-state index is 13.6. The summed E-state index contributed by atoms with van der Waals surface area (Å²) in [6.07, 6.45) is 0.529. The van der Waals surface area contributed by atoms with E-state index in [-0.39, 0.29) is 11.7 Å². The molecule has 0 radical (unpaired) electrons. The Kier molecular flexibility index (Phi) is 4.93. The molecule has 6 heteroatoms. The normalized spacial score (nSPS) is 16.7. The molecule has 136 valence electrons. The molecule has 2 aromatic rings. The SMILES string of the molecule is Cc1ccc(N2CC[C@H](NC(=O)Nc3cccc(F)c3C)C2=O)cc1C. The summed E-state index contributed by atoms with van der Waals surface area (Å²) in [6, 6.07) is 9.25. The summed E-state index contributed by atoms with van der Waals surface area (Å²) in [7, 11) is 0. The van der Waals surface area contributed by atoms with Crippen LogP contribution in [0.25, 0.3) is 0 Å². The first-order valence-electron chi connectivity index (χ1n) is 8.58. The maximum absolute atomic E-state index is 13.6. The van der Waals surface area contributed by atoms with Crippen LogP contribution in [-0.2, 0) is 4.79 Å². The van der Waals surface area contributed by atoms with Gasteiger partial charge in [0.05, 0.1) is 0 Å². The van der Waals surface area contributed by atoms with Gasteiger partial charge in [-0.3, -0.25) is 4.79 Å². The molecule has 3 rings (SSSR count). The van der Waals surface area contributed by atoms with E-state index in [0.717, 1.165) is 11.3 Å². The molecule has 1 atom stereocenters. The second-order valence-electron chi connectivity index (χ2n) is 6.61. The van der Waals surface area contributed by atoms with Crippen LogP contribution in [0.3, 0.4) is 0 Å². The van der Waals surface area contributed by atoms with Crippen LogP contribution in [0, 0.1) is 26.6 Å². The highest BCUT2D eigenvalue weighted by atomic mass is 19.1. The molecule has 2 N–H and O–H groups in total. The lowest BCUT2D eigenvalue weighted by molar-refractivity contribution is -0.118. The van der Waals surface area contributed by atoms with Gasteiger partial charge in [0.25, 0.3) is 0 Å². The zero-order valence-corrected chi connectivity index (χ0v) is 15.1. The Morgan fingerprint density at radius 1 is 1.15 bits per heavy atom. The van der Waals surface area contributed by atoms with E-state index in [0.29, 0.717) is 24.2 Å². The number of carbonyl (C=O) groups excluding carboxylic acids is 2. The Hall–Kier alpha value is -2.89. The summed E-state index contributed by atoms with van der Waals surface area (Å²) in [5.41, 5.74) is 3.87. The van der Waals surface area contributed by atoms with Crippen LogP contribution in [0.4, 0.5) is 20.6 Å². The fraction of sp³-hybridized carbons (Fsp3) is 0.300. The minimum atomic E-state index is -0.592. The minimum absolute atomic E-state index is 0.139. The molecule has 1 aliphatic heterocycles. The molecule has 0 saturated carbocycles. The first kappa shape index (κ1) is 17.9. The van der Waals surface area contributed by atoms with Crippen molar-refractivity contribution in [2.24, 2.45) is 0 Å². The smallest absolute Gasteiger partial charge is 0.319 e. The van der Waals surface area contributed by atoms with Crippen molar-refractivity contribution in [2.75, 3.05) is 16.8 Å². The van der Waals surface area contributed by atoms with Gasteiger partial charge in [-0.25, -0.2) is 9.18 Å². The summed E-state index contributed by atoms with van der Waals surface area (Å²) >= 11 is 0. The fourth-order valence-electron chi connectivity index (χ4n) is 3.02. The van der Waals surface area contributed by atoms with Crippen LogP contribution in [0.15, 0.2) is 36.4 Å². The standard InChI is InChI=1S/C20H22FN3O2/c1-12-7-8-15(11-13(12)2)24-10-9-18(19(24)25)23-20(26)22-17-6-4-5-16(21)14(17)3/h4-8,11,18H,9-10H2,1-3H3,(H2,22,23,26)/t18-/m0/s1. The molecule has 5 nitrogen and oxygen atoms in total. The summed E-state index contributed by atoms with van der Waals surface area (Å²) in [6.45, 7) is 6.16. The van der Waals surface area contributed by atoms with Crippen LogP contribution < -0.4 is 15.5 Å². The number of nitrogens with one attached hydrogen (secondary N) is 2. The Labute approximate surface area is 152 Å². The number of anilines is 2. The lowest BCUT2D eigenvalue weighted by Gasteiger charge is -2.18. The maximum Gasteiger partial charge on any atom is 0.319 e. The largest absolute Gasteiger partial charge is 0.326 e. The molecule has 0 aliphatic carbocycles. The number of hydrogen-bond acceptors (Lipinski definition) is 2. The highest BCUT2D eigenvalue weighted by molar-refractivity contribution is 6.02. The van der Waals surface area contributed by atoms with Crippen molar-refractivity contribution in [3.05, 3.63) is 58.9 Å². The molecule has 1 heterocycles. The van der Waals surface area contributed by atoms with Gasteiger partial charge in [0, 0.05) is 23.5 Å². The van der Waals surface area contributed by atoms with E-state index in [2.05, 4.69) is 10.6 Å². The van der Waals surface area contributed by atoms with E-state index >= 15 is 0 Å². The number of halogens is 1. The van der Waals surface area contributed by atoms with Crippen molar-refractivity contribution in [1.82, 2.24) is 5.32 Å². The van der Waals surface area contributed by atoms with Gasteiger partial charge in [0.15, 0.2) is 0 Å². The molecule has 3 amide bonds. The molecule has 2 aromatic carbocycles. The summed E-state index contributed by atoms with van der Waals surface area (Å²) in [4.78, 5) is 26.5. The molecular weight excluding hydrogens is 333 g/mol. The van der Waals surface area contributed by atoms with E-state index in [1.54, 1.807) is 17.9 Å². The number of carbonyl (C=O) groups is 2. The molecule has 0 bridgehead atoms. The van der Waals surface area contributed by atoms with Crippen LogP contribution >= 0.6 is 0 Å². The van der Waals surface area contributed by atoms with Crippen molar-refractivity contribution in [3.8, 4) is 0 Å². The van der Waals surface area contributed by atoms with Gasteiger partial charge < -0.3 is 15.5 Å².